The Bertz CT molecular complexity index is 316. The summed E-state index contributed by atoms with van der Waals surface area (Å²) in [5.41, 5.74) is 0.811. The molecule has 1 heteroatoms. The molecule has 0 aromatic heterocycles. The van der Waals surface area contributed by atoms with Crippen molar-refractivity contribution in [1.82, 2.24) is 0 Å². The molecule has 4 radical (unpaired) electrons. The Morgan fingerprint density at radius 2 is 1.94 bits per heavy atom. The van der Waals surface area contributed by atoms with E-state index < -0.39 is 0 Å². The zero-order chi connectivity index (χ0) is 12.5. The summed E-state index contributed by atoms with van der Waals surface area (Å²) in [5.74, 6) is 0.557. The van der Waals surface area contributed by atoms with Crippen molar-refractivity contribution in [3.63, 3.8) is 0 Å². The molecule has 0 saturated carbocycles. The number of benzene rings is 1. The van der Waals surface area contributed by atoms with Crippen LogP contribution in [-0.4, -0.2) is 5.78 Å². The van der Waals surface area contributed by atoms with Gasteiger partial charge in [0.1, 0.15) is 0 Å². The monoisotopic (exact) mass is 228 g/mol. The van der Waals surface area contributed by atoms with Gasteiger partial charge in [-0.25, -0.2) is 0 Å². The molecule has 1 aromatic carbocycles. The predicted molar refractivity (Wildman–Crippen MR) is 72.0 cm³/mol. The third-order valence-electron chi connectivity index (χ3n) is 2.75. The highest BCUT2D eigenvalue weighted by Gasteiger charge is 2.13. The van der Waals surface area contributed by atoms with E-state index in [9.17, 15) is 4.79 Å². The predicted octanol–water partition coefficient (Wildman–Crippen LogP) is 4.12. The molecule has 0 fully saturated rings. The maximum atomic E-state index is 12.0. The standard InChI is InChI=1S/C16H20O/c1-3-5-7-10-14(4-2)13-16(17)15-11-8-6-9-12-15/h3,5-12,14H,4,13H2,1-2H3/t14-/m0/s1. The van der Waals surface area contributed by atoms with Gasteiger partial charge in [0.05, 0.1) is 0 Å². The summed E-state index contributed by atoms with van der Waals surface area (Å²) in [6.07, 6.45) is 9.70. The smallest absolute Gasteiger partial charge is 0.163 e. The quantitative estimate of drug-likeness (QED) is 0.483. The molecule has 0 aliphatic heterocycles. The molecule has 0 aliphatic rings. The van der Waals surface area contributed by atoms with Crippen molar-refractivity contribution >= 4 is 5.78 Å². The van der Waals surface area contributed by atoms with Crippen molar-refractivity contribution in [2.24, 2.45) is 5.92 Å². The lowest BCUT2D eigenvalue weighted by Crippen LogP contribution is -2.09. The first-order chi connectivity index (χ1) is 8.27. The van der Waals surface area contributed by atoms with Gasteiger partial charge in [-0.15, -0.1) is 0 Å². The molecule has 90 valence electrons. The number of ketones is 1. The SMILES string of the molecule is C[CH][CH][CH][CH][C@H](CC)CC(=O)c1ccccc1. The summed E-state index contributed by atoms with van der Waals surface area (Å²) >= 11 is 0. The van der Waals surface area contributed by atoms with E-state index in [1.54, 1.807) is 0 Å². The molecule has 0 heterocycles. The maximum absolute atomic E-state index is 12.0. The second kappa shape index (κ2) is 8.05. The van der Waals surface area contributed by atoms with Gasteiger partial charge >= 0.3 is 0 Å². The number of hydrogen-bond donors (Lipinski definition) is 0. The Morgan fingerprint density at radius 3 is 2.53 bits per heavy atom. The fraction of sp³-hybridized carbons (Fsp3) is 0.312. The van der Waals surface area contributed by atoms with E-state index in [1.165, 1.54) is 0 Å². The molecule has 0 N–H and O–H groups in total. The minimum Gasteiger partial charge on any atom is -0.294 e. The van der Waals surface area contributed by atoms with Crippen LogP contribution in [0.5, 0.6) is 0 Å². The van der Waals surface area contributed by atoms with Gasteiger partial charge in [-0.3, -0.25) is 4.79 Å². The van der Waals surface area contributed by atoms with Crippen molar-refractivity contribution in [1.29, 1.82) is 0 Å². The summed E-state index contributed by atoms with van der Waals surface area (Å²) < 4.78 is 0. The Morgan fingerprint density at radius 1 is 1.24 bits per heavy atom. The van der Waals surface area contributed by atoms with Crippen LogP contribution in [-0.2, 0) is 0 Å². The molecule has 17 heavy (non-hydrogen) atoms. The molecule has 1 atom stereocenters. The van der Waals surface area contributed by atoms with E-state index in [1.807, 2.05) is 56.5 Å². The third-order valence-corrected chi connectivity index (χ3v) is 2.75. The number of rotatable bonds is 8. The Labute approximate surface area is 105 Å². The average molecular weight is 228 g/mol. The highest BCUT2D eigenvalue weighted by molar-refractivity contribution is 5.96. The molecule has 1 rings (SSSR count). The molecule has 1 aromatic rings. The van der Waals surface area contributed by atoms with Gasteiger partial charge in [-0.05, 0) is 31.6 Å². The van der Waals surface area contributed by atoms with Crippen molar-refractivity contribution in [3.05, 3.63) is 61.6 Å². The Kier molecular flexibility index (Phi) is 6.61. The zero-order valence-electron chi connectivity index (χ0n) is 10.6. The summed E-state index contributed by atoms with van der Waals surface area (Å²) in [6, 6.07) is 9.50. The van der Waals surface area contributed by atoms with Crippen molar-refractivity contribution < 1.29 is 4.79 Å². The summed E-state index contributed by atoms with van der Waals surface area (Å²) in [4.78, 5) is 12.0. The highest BCUT2D eigenvalue weighted by atomic mass is 16.1. The van der Waals surface area contributed by atoms with Crippen LogP contribution in [0.15, 0.2) is 30.3 Å². The number of carbonyl (C=O) groups excluding carboxylic acids is 1. The largest absolute Gasteiger partial charge is 0.294 e. The lowest BCUT2D eigenvalue weighted by molar-refractivity contribution is 0.0966. The lowest BCUT2D eigenvalue weighted by Gasteiger charge is -2.12. The minimum absolute atomic E-state index is 0.225. The van der Waals surface area contributed by atoms with Gasteiger partial charge < -0.3 is 0 Å². The van der Waals surface area contributed by atoms with Gasteiger partial charge in [0.25, 0.3) is 0 Å². The average Bonchev–Trinajstić information content (AvgIpc) is 2.38. The fourth-order valence-corrected chi connectivity index (χ4v) is 1.66. The number of Topliss-reactive ketones (excluding diaryl/α,β-unsaturated/α-hetero) is 1. The first kappa shape index (κ1) is 14.0. The van der Waals surface area contributed by atoms with Gasteiger partial charge in [-0.1, -0.05) is 50.6 Å². The molecule has 0 aliphatic carbocycles. The Balaban J connectivity index is 2.42. The van der Waals surface area contributed by atoms with E-state index in [0.717, 1.165) is 12.0 Å². The summed E-state index contributed by atoms with van der Waals surface area (Å²) in [6.45, 7) is 4.10. The number of unbranched alkanes of at least 4 members (excludes halogenated alkanes) is 2. The van der Waals surface area contributed by atoms with Crippen LogP contribution in [0.1, 0.15) is 37.0 Å². The molecule has 0 spiro atoms. The lowest BCUT2D eigenvalue weighted by atomic mass is 9.91. The van der Waals surface area contributed by atoms with E-state index in [-0.39, 0.29) is 5.78 Å². The first-order valence-electron chi connectivity index (χ1n) is 6.15. The number of carbonyl (C=O) groups is 1. The molecular weight excluding hydrogens is 208 g/mol. The normalized spacial score (nSPS) is 12.4. The molecular formula is C16H20O. The summed E-state index contributed by atoms with van der Waals surface area (Å²) in [5, 5.41) is 0. The van der Waals surface area contributed by atoms with Gasteiger partial charge in [0.2, 0.25) is 0 Å². The van der Waals surface area contributed by atoms with Crippen LogP contribution in [0, 0.1) is 31.6 Å². The highest BCUT2D eigenvalue weighted by Crippen LogP contribution is 2.18. The summed E-state index contributed by atoms with van der Waals surface area (Å²) in [7, 11) is 0. The topological polar surface area (TPSA) is 17.1 Å². The van der Waals surface area contributed by atoms with Crippen LogP contribution >= 0.6 is 0 Å². The van der Waals surface area contributed by atoms with Crippen molar-refractivity contribution in [2.75, 3.05) is 0 Å². The molecule has 0 unspecified atom stereocenters. The van der Waals surface area contributed by atoms with E-state index in [4.69, 9.17) is 0 Å². The molecule has 0 amide bonds. The second-order valence-electron chi connectivity index (χ2n) is 4.07. The zero-order valence-corrected chi connectivity index (χ0v) is 10.6. The van der Waals surface area contributed by atoms with E-state index >= 15 is 0 Å². The van der Waals surface area contributed by atoms with Gasteiger partial charge in [0, 0.05) is 12.0 Å². The molecule has 0 saturated heterocycles. The second-order valence-corrected chi connectivity index (χ2v) is 4.07. The number of hydrogen-bond acceptors (Lipinski definition) is 1. The van der Waals surface area contributed by atoms with Crippen LogP contribution in [0.3, 0.4) is 0 Å². The van der Waals surface area contributed by atoms with Crippen LogP contribution in [0.25, 0.3) is 0 Å². The van der Waals surface area contributed by atoms with E-state index in [0.29, 0.717) is 12.3 Å². The van der Waals surface area contributed by atoms with Gasteiger partial charge in [-0.2, -0.15) is 0 Å². The first-order valence-corrected chi connectivity index (χ1v) is 6.15. The maximum Gasteiger partial charge on any atom is 0.163 e. The van der Waals surface area contributed by atoms with Crippen LogP contribution in [0.2, 0.25) is 0 Å². The molecule has 0 bridgehead atoms. The van der Waals surface area contributed by atoms with Crippen molar-refractivity contribution in [2.45, 2.75) is 26.7 Å². The van der Waals surface area contributed by atoms with Crippen molar-refractivity contribution in [3.8, 4) is 0 Å². The van der Waals surface area contributed by atoms with Crippen LogP contribution < -0.4 is 0 Å². The minimum atomic E-state index is 0.225. The Hall–Kier alpha value is -1.11. The fourth-order valence-electron chi connectivity index (χ4n) is 1.66. The van der Waals surface area contributed by atoms with Crippen LogP contribution in [0.4, 0.5) is 0 Å². The third kappa shape index (κ3) is 5.16. The van der Waals surface area contributed by atoms with Gasteiger partial charge in [0.15, 0.2) is 5.78 Å². The molecule has 1 nitrogen and oxygen atoms in total. The van der Waals surface area contributed by atoms with E-state index in [2.05, 4.69) is 13.3 Å².